The Bertz CT molecular complexity index is 116. The van der Waals surface area contributed by atoms with Gasteiger partial charge in [0.05, 0.1) is 32.8 Å². The fourth-order valence-corrected chi connectivity index (χ4v) is 0.632. The normalized spacial score (nSPS) is 10.0. The van der Waals surface area contributed by atoms with Crippen molar-refractivity contribution in [2.75, 3.05) is 27.7 Å². The lowest BCUT2D eigenvalue weighted by atomic mass is 10.3. The highest BCUT2D eigenvalue weighted by Gasteiger charge is 2.02. The summed E-state index contributed by atoms with van der Waals surface area (Å²) in [5, 5.41) is 14.8. The topological polar surface area (TPSA) is 66.2 Å². The van der Waals surface area contributed by atoms with Gasteiger partial charge in [-0.15, -0.1) is 0 Å². The molecule has 0 unspecified atom stereocenters. The molecule has 0 fully saturated rings. The van der Waals surface area contributed by atoms with Gasteiger partial charge in [-0.05, 0) is 6.42 Å². The highest BCUT2D eigenvalue weighted by atomic mass is 16.9. The SMILES string of the molecule is CCCC[N+](C)(C)C.O=[N+]([O-])[O-]. The Balaban J connectivity index is 0. The number of unbranched alkanes of at least 4 members (excludes halogenated alkanes) is 1. The Morgan fingerprint density at radius 2 is 1.58 bits per heavy atom. The van der Waals surface area contributed by atoms with E-state index in [1.165, 1.54) is 19.4 Å². The van der Waals surface area contributed by atoms with Crippen LogP contribution in [-0.2, 0) is 0 Å². The molecule has 0 N–H and O–H groups in total. The molecule has 5 heteroatoms. The molecule has 0 bridgehead atoms. The predicted octanol–water partition coefficient (Wildman–Crippen LogP) is 1.25. The summed E-state index contributed by atoms with van der Waals surface area (Å²) in [6.45, 7) is 3.53. The van der Waals surface area contributed by atoms with E-state index >= 15 is 0 Å². The zero-order valence-corrected chi connectivity index (χ0v) is 8.24. The minimum Gasteiger partial charge on any atom is -0.356 e. The molecule has 0 aromatic rings. The average Bonchev–Trinajstić information content (AvgIpc) is 1.80. The maximum Gasteiger partial charge on any atom is 0.0780 e. The molecule has 12 heavy (non-hydrogen) atoms. The van der Waals surface area contributed by atoms with Crippen LogP contribution in [0, 0.1) is 15.3 Å². The van der Waals surface area contributed by atoms with Gasteiger partial charge < -0.3 is 19.8 Å². The van der Waals surface area contributed by atoms with E-state index in [1.54, 1.807) is 0 Å². The Morgan fingerprint density at radius 1 is 1.25 bits per heavy atom. The van der Waals surface area contributed by atoms with Crippen molar-refractivity contribution >= 4 is 0 Å². The van der Waals surface area contributed by atoms with Crippen LogP contribution in [0.25, 0.3) is 0 Å². The molecule has 0 amide bonds. The summed E-state index contributed by atoms with van der Waals surface area (Å²) in [6, 6.07) is 0. The average molecular weight is 178 g/mol. The maximum atomic E-state index is 8.25. The number of hydrogen-bond donors (Lipinski definition) is 0. The molecule has 0 saturated heterocycles. The van der Waals surface area contributed by atoms with Crippen LogP contribution in [0.15, 0.2) is 0 Å². The van der Waals surface area contributed by atoms with E-state index in [-0.39, 0.29) is 0 Å². The minimum atomic E-state index is -1.75. The van der Waals surface area contributed by atoms with Gasteiger partial charge in [0, 0.05) is 0 Å². The third kappa shape index (κ3) is 35.2. The zero-order chi connectivity index (χ0) is 10.2. The van der Waals surface area contributed by atoms with E-state index in [2.05, 4.69) is 28.1 Å². The van der Waals surface area contributed by atoms with Gasteiger partial charge in [-0.2, -0.15) is 0 Å². The molecule has 0 aliphatic carbocycles. The van der Waals surface area contributed by atoms with Crippen LogP contribution in [0.5, 0.6) is 0 Å². The van der Waals surface area contributed by atoms with E-state index in [0.29, 0.717) is 0 Å². The number of nitrogens with zero attached hydrogens (tertiary/aromatic N) is 2. The summed E-state index contributed by atoms with van der Waals surface area (Å²) in [7, 11) is 6.70. The Labute approximate surface area is 73.3 Å². The van der Waals surface area contributed by atoms with E-state index in [0.717, 1.165) is 4.48 Å². The van der Waals surface area contributed by atoms with Crippen molar-refractivity contribution in [1.29, 1.82) is 0 Å². The molecule has 0 aromatic carbocycles. The standard InChI is InChI=1S/C7H18N.NO3/c1-5-6-7-8(2,3)4;2-1(3)4/h5-7H2,1-4H3;/q+1;-1. The molecule has 5 nitrogen and oxygen atoms in total. The van der Waals surface area contributed by atoms with Crippen LogP contribution in [0.4, 0.5) is 0 Å². The molecular formula is C7H18N2O3. The van der Waals surface area contributed by atoms with Crippen molar-refractivity contribution in [2.24, 2.45) is 0 Å². The Morgan fingerprint density at radius 3 is 1.67 bits per heavy atom. The van der Waals surface area contributed by atoms with E-state index in [9.17, 15) is 0 Å². The first-order chi connectivity index (χ1) is 5.29. The van der Waals surface area contributed by atoms with E-state index in [4.69, 9.17) is 15.3 Å². The molecule has 0 rings (SSSR count). The molecule has 0 heterocycles. The van der Waals surface area contributed by atoms with Crippen LogP contribution >= 0.6 is 0 Å². The molecular weight excluding hydrogens is 160 g/mol. The number of hydrogen-bond acceptors (Lipinski definition) is 3. The largest absolute Gasteiger partial charge is 0.356 e. The van der Waals surface area contributed by atoms with Crippen molar-refractivity contribution in [3.8, 4) is 0 Å². The van der Waals surface area contributed by atoms with Gasteiger partial charge >= 0.3 is 0 Å². The molecule has 0 atom stereocenters. The van der Waals surface area contributed by atoms with Gasteiger partial charge in [0.15, 0.2) is 0 Å². The third-order valence-corrected chi connectivity index (χ3v) is 1.18. The Hall–Kier alpha value is -0.840. The zero-order valence-electron chi connectivity index (χ0n) is 8.24. The quantitative estimate of drug-likeness (QED) is 0.371. The maximum absolute atomic E-state index is 8.25. The van der Waals surface area contributed by atoms with Gasteiger partial charge in [-0.3, -0.25) is 0 Å². The van der Waals surface area contributed by atoms with Crippen LogP contribution < -0.4 is 0 Å². The lowest BCUT2D eigenvalue weighted by Gasteiger charge is -2.23. The van der Waals surface area contributed by atoms with Crippen molar-refractivity contribution in [3.05, 3.63) is 15.3 Å². The van der Waals surface area contributed by atoms with E-state index in [1.807, 2.05) is 0 Å². The summed E-state index contributed by atoms with van der Waals surface area (Å²) in [5.74, 6) is 0. The highest BCUT2D eigenvalue weighted by molar-refractivity contribution is 4.29. The summed E-state index contributed by atoms with van der Waals surface area (Å²) < 4.78 is 1.10. The second kappa shape index (κ2) is 6.84. The molecule has 0 spiro atoms. The van der Waals surface area contributed by atoms with Crippen molar-refractivity contribution < 1.29 is 9.57 Å². The van der Waals surface area contributed by atoms with Gasteiger partial charge in [0.25, 0.3) is 0 Å². The van der Waals surface area contributed by atoms with Gasteiger partial charge in [-0.25, -0.2) is 0 Å². The molecule has 74 valence electrons. The lowest BCUT2D eigenvalue weighted by molar-refractivity contribution is -0.870. The smallest absolute Gasteiger partial charge is 0.0780 e. The summed E-state index contributed by atoms with van der Waals surface area (Å²) in [6.07, 6.45) is 2.67. The van der Waals surface area contributed by atoms with Gasteiger partial charge in [0.1, 0.15) is 0 Å². The second-order valence-electron chi connectivity index (χ2n) is 3.59. The fraction of sp³-hybridized carbons (Fsp3) is 1.00. The minimum absolute atomic E-state index is 1.10. The van der Waals surface area contributed by atoms with Crippen molar-refractivity contribution in [2.45, 2.75) is 19.8 Å². The summed E-state index contributed by atoms with van der Waals surface area (Å²) in [4.78, 5) is 8.25. The molecule has 0 aromatic heterocycles. The monoisotopic (exact) mass is 178 g/mol. The molecule has 0 aliphatic heterocycles. The Kier molecular flexibility index (Phi) is 7.83. The van der Waals surface area contributed by atoms with Crippen LogP contribution in [0.3, 0.4) is 0 Å². The molecule has 0 saturated carbocycles. The number of rotatable bonds is 3. The van der Waals surface area contributed by atoms with E-state index < -0.39 is 5.09 Å². The third-order valence-electron chi connectivity index (χ3n) is 1.18. The van der Waals surface area contributed by atoms with Crippen LogP contribution in [0.1, 0.15) is 19.8 Å². The van der Waals surface area contributed by atoms with Gasteiger partial charge in [0.2, 0.25) is 0 Å². The fourth-order valence-electron chi connectivity index (χ4n) is 0.632. The number of quaternary nitrogens is 1. The summed E-state index contributed by atoms with van der Waals surface area (Å²) in [5.41, 5.74) is 0. The van der Waals surface area contributed by atoms with Crippen molar-refractivity contribution in [3.63, 3.8) is 0 Å². The second-order valence-corrected chi connectivity index (χ2v) is 3.59. The van der Waals surface area contributed by atoms with Crippen LogP contribution in [-0.4, -0.2) is 37.3 Å². The first kappa shape index (κ1) is 13.7. The summed E-state index contributed by atoms with van der Waals surface area (Å²) >= 11 is 0. The first-order valence-electron chi connectivity index (χ1n) is 3.91. The van der Waals surface area contributed by atoms with Crippen LogP contribution in [0.2, 0.25) is 0 Å². The highest BCUT2D eigenvalue weighted by Crippen LogP contribution is 1.95. The van der Waals surface area contributed by atoms with Crippen molar-refractivity contribution in [1.82, 2.24) is 0 Å². The first-order valence-corrected chi connectivity index (χ1v) is 3.91. The molecule has 0 aliphatic rings. The molecule has 0 radical (unpaired) electrons. The predicted molar refractivity (Wildman–Crippen MR) is 48.2 cm³/mol. The lowest BCUT2D eigenvalue weighted by Crippen LogP contribution is -2.35. The van der Waals surface area contributed by atoms with Gasteiger partial charge in [-0.1, -0.05) is 13.3 Å².